The Morgan fingerprint density at radius 3 is 2.45 bits per heavy atom. The van der Waals surface area contributed by atoms with Crippen LogP contribution in [-0.4, -0.2) is 27.5 Å². The SMILES string of the molecule is CCOCCC(=O)NC(C)c1ccc(S(N)(=O)=O)cc1. The van der Waals surface area contributed by atoms with E-state index in [4.69, 9.17) is 9.88 Å². The highest BCUT2D eigenvalue weighted by molar-refractivity contribution is 7.89. The van der Waals surface area contributed by atoms with Crippen molar-refractivity contribution in [2.24, 2.45) is 5.14 Å². The molecule has 0 bridgehead atoms. The number of nitrogens with one attached hydrogen (secondary N) is 1. The number of amides is 1. The van der Waals surface area contributed by atoms with Crippen LogP contribution in [0.5, 0.6) is 0 Å². The second-order valence-corrected chi connectivity index (χ2v) is 5.91. The molecule has 0 heterocycles. The summed E-state index contributed by atoms with van der Waals surface area (Å²) < 4.78 is 27.4. The van der Waals surface area contributed by atoms with Gasteiger partial charge in [0, 0.05) is 13.0 Å². The van der Waals surface area contributed by atoms with Gasteiger partial charge in [-0.05, 0) is 31.5 Å². The van der Waals surface area contributed by atoms with Gasteiger partial charge < -0.3 is 10.1 Å². The van der Waals surface area contributed by atoms with Crippen molar-refractivity contribution >= 4 is 15.9 Å². The minimum absolute atomic E-state index is 0.0520. The van der Waals surface area contributed by atoms with E-state index in [0.29, 0.717) is 19.6 Å². The number of carbonyl (C=O) groups is 1. The Labute approximate surface area is 119 Å². The fraction of sp³-hybridized carbons (Fsp3) is 0.462. The molecule has 0 aliphatic carbocycles. The Morgan fingerprint density at radius 2 is 1.95 bits per heavy atom. The molecule has 0 radical (unpaired) electrons. The molecule has 1 aromatic rings. The van der Waals surface area contributed by atoms with E-state index in [0.717, 1.165) is 5.56 Å². The van der Waals surface area contributed by atoms with E-state index in [1.165, 1.54) is 12.1 Å². The van der Waals surface area contributed by atoms with Crippen molar-refractivity contribution in [3.8, 4) is 0 Å². The van der Waals surface area contributed by atoms with Crippen LogP contribution in [-0.2, 0) is 19.6 Å². The molecule has 0 aliphatic rings. The van der Waals surface area contributed by atoms with E-state index in [9.17, 15) is 13.2 Å². The van der Waals surface area contributed by atoms with Gasteiger partial charge in [0.15, 0.2) is 0 Å². The van der Waals surface area contributed by atoms with E-state index >= 15 is 0 Å². The summed E-state index contributed by atoms with van der Waals surface area (Å²) in [5.41, 5.74) is 0.808. The predicted molar refractivity (Wildman–Crippen MR) is 75.5 cm³/mol. The molecule has 0 saturated carbocycles. The molecule has 0 spiro atoms. The summed E-state index contributed by atoms with van der Waals surface area (Å²) >= 11 is 0. The Kier molecular flexibility index (Phi) is 6.12. The fourth-order valence-corrected chi connectivity index (χ4v) is 2.17. The van der Waals surface area contributed by atoms with Crippen molar-refractivity contribution in [1.82, 2.24) is 5.32 Å². The summed E-state index contributed by atoms with van der Waals surface area (Å²) in [5, 5.41) is 7.83. The first kappa shape index (κ1) is 16.6. The van der Waals surface area contributed by atoms with Crippen LogP contribution >= 0.6 is 0 Å². The third kappa shape index (κ3) is 5.28. The predicted octanol–water partition coefficient (Wildman–Crippen LogP) is 0.938. The van der Waals surface area contributed by atoms with Crippen molar-refractivity contribution in [2.45, 2.75) is 31.2 Å². The Morgan fingerprint density at radius 1 is 1.35 bits per heavy atom. The average Bonchev–Trinajstić information content (AvgIpc) is 2.38. The monoisotopic (exact) mass is 300 g/mol. The van der Waals surface area contributed by atoms with Crippen LogP contribution in [0.1, 0.15) is 31.9 Å². The minimum Gasteiger partial charge on any atom is -0.381 e. The number of hydrogen-bond donors (Lipinski definition) is 2. The van der Waals surface area contributed by atoms with Crippen molar-refractivity contribution < 1.29 is 17.9 Å². The van der Waals surface area contributed by atoms with Crippen molar-refractivity contribution in [2.75, 3.05) is 13.2 Å². The number of nitrogens with two attached hydrogens (primary N) is 1. The molecular weight excluding hydrogens is 280 g/mol. The fourth-order valence-electron chi connectivity index (χ4n) is 1.65. The van der Waals surface area contributed by atoms with E-state index in [-0.39, 0.29) is 16.8 Å². The second kappa shape index (κ2) is 7.37. The van der Waals surface area contributed by atoms with E-state index in [2.05, 4.69) is 5.32 Å². The third-order valence-electron chi connectivity index (χ3n) is 2.76. The maximum absolute atomic E-state index is 11.6. The van der Waals surface area contributed by atoms with Crippen LogP contribution in [0.25, 0.3) is 0 Å². The van der Waals surface area contributed by atoms with Gasteiger partial charge in [0.1, 0.15) is 0 Å². The number of primary sulfonamides is 1. The highest BCUT2D eigenvalue weighted by Crippen LogP contribution is 2.15. The van der Waals surface area contributed by atoms with Crippen LogP contribution in [0, 0.1) is 0 Å². The van der Waals surface area contributed by atoms with Crippen LogP contribution in [0.15, 0.2) is 29.2 Å². The quantitative estimate of drug-likeness (QED) is 0.732. The molecule has 1 amide bonds. The normalized spacial score (nSPS) is 12.9. The van der Waals surface area contributed by atoms with Gasteiger partial charge in [0.25, 0.3) is 0 Å². The molecule has 1 aromatic carbocycles. The van der Waals surface area contributed by atoms with Crippen LogP contribution in [0.2, 0.25) is 0 Å². The lowest BCUT2D eigenvalue weighted by atomic mass is 10.1. The van der Waals surface area contributed by atoms with E-state index in [1.54, 1.807) is 12.1 Å². The first-order chi connectivity index (χ1) is 9.34. The standard InChI is InChI=1S/C13H20N2O4S/c1-3-19-9-8-13(16)15-10(2)11-4-6-12(7-5-11)20(14,17)18/h4-7,10H,3,8-9H2,1-2H3,(H,15,16)(H2,14,17,18). The molecule has 0 fully saturated rings. The van der Waals surface area contributed by atoms with Gasteiger partial charge in [-0.3, -0.25) is 4.79 Å². The summed E-state index contributed by atoms with van der Waals surface area (Å²) in [6, 6.07) is 5.90. The molecule has 20 heavy (non-hydrogen) atoms. The highest BCUT2D eigenvalue weighted by atomic mass is 32.2. The minimum atomic E-state index is -3.69. The largest absolute Gasteiger partial charge is 0.381 e. The molecule has 0 saturated heterocycles. The number of benzene rings is 1. The number of ether oxygens (including phenoxy) is 1. The topological polar surface area (TPSA) is 98.5 Å². The van der Waals surface area contributed by atoms with E-state index in [1.807, 2.05) is 13.8 Å². The number of hydrogen-bond acceptors (Lipinski definition) is 4. The van der Waals surface area contributed by atoms with Crippen LogP contribution in [0.3, 0.4) is 0 Å². The summed E-state index contributed by atoms with van der Waals surface area (Å²) in [4.78, 5) is 11.7. The lowest BCUT2D eigenvalue weighted by molar-refractivity contribution is -0.122. The van der Waals surface area contributed by atoms with Gasteiger partial charge in [-0.25, -0.2) is 13.6 Å². The molecule has 112 valence electrons. The molecule has 1 atom stereocenters. The Hall–Kier alpha value is -1.44. The molecule has 7 heteroatoms. The van der Waals surface area contributed by atoms with Gasteiger partial charge in [-0.2, -0.15) is 0 Å². The second-order valence-electron chi connectivity index (χ2n) is 4.35. The first-order valence-electron chi connectivity index (χ1n) is 6.34. The van der Waals surface area contributed by atoms with Crippen molar-refractivity contribution in [3.63, 3.8) is 0 Å². The number of carbonyl (C=O) groups excluding carboxylic acids is 1. The number of rotatable bonds is 7. The molecule has 6 nitrogen and oxygen atoms in total. The zero-order chi connectivity index (χ0) is 15.2. The lowest BCUT2D eigenvalue weighted by Crippen LogP contribution is -2.27. The summed E-state index contributed by atoms with van der Waals surface area (Å²) in [6.07, 6.45) is 0.299. The van der Waals surface area contributed by atoms with Crippen LogP contribution in [0.4, 0.5) is 0 Å². The maximum atomic E-state index is 11.6. The van der Waals surface area contributed by atoms with Gasteiger partial charge in [0.2, 0.25) is 15.9 Å². The van der Waals surface area contributed by atoms with Crippen molar-refractivity contribution in [3.05, 3.63) is 29.8 Å². The third-order valence-corrected chi connectivity index (χ3v) is 3.69. The summed E-state index contributed by atoms with van der Waals surface area (Å²) in [5.74, 6) is -0.110. The summed E-state index contributed by atoms with van der Waals surface area (Å²) in [6.45, 7) is 4.66. The Bertz CT molecular complexity index is 540. The van der Waals surface area contributed by atoms with Gasteiger partial charge in [-0.15, -0.1) is 0 Å². The average molecular weight is 300 g/mol. The molecule has 0 aliphatic heterocycles. The van der Waals surface area contributed by atoms with E-state index < -0.39 is 10.0 Å². The molecule has 1 rings (SSSR count). The molecule has 3 N–H and O–H groups in total. The molecule has 1 unspecified atom stereocenters. The highest BCUT2D eigenvalue weighted by Gasteiger charge is 2.11. The van der Waals surface area contributed by atoms with Gasteiger partial charge in [0.05, 0.1) is 17.5 Å². The first-order valence-corrected chi connectivity index (χ1v) is 7.89. The Balaban J connectivity index is 2.60. The maximum Gasteiger partial charge on any atom is 0.238 e. The lowest BCUT2D eigenvalue weighted by Gasteiger charge is -2.14. The van der Waals surface area contributed by atoms with Crippen LogP contribution < -0.4 is 10.5 Å². The summed E-state index contributed by atoms with van der Waals surface area (Å²) in [7, 11) is -3.69. The zero-order valence-electron chi connectivity index (χ0n) is 11.6. The number of sulfonamides is 1. The van der Waals surface area contributed by atoms with Gasteiger partial charge >= 0.3 is 0 Å². The van der Waals surface area contributed by atoms with Gasteiger partial charge in [-0.1, -0.05) is 12.1 Å². The smallest absolute Gasteiger partial charge is 0.238 e. The zero-order valence-corrected chi connectivity index (χ0v) is 12.4. The van der Waals surface area contributed by atoms with Crippen molar-refractivity contribution in [1.29, 1.82) is 0 Å². The molecular formula is C13H20N2O4S. The molecule has 0 aromatic heterocycles.